The second kappa shape index (κ2) is 8.27. The minimum Gasteiger partial charge on any atom is -0.545 e. The van der Waals surface area contributed by atoms with Gasteiger partial charge in [-0.05, 0) is 66.6 Å². The Morgan fingerprint density at radius 3 is 2.44 bits per heavy atom. The molecule has 0 bridgehead atoms. The standard InChI is InChI=1S/C23H15BrN2O6/c1-12-10-13(22(29)30)2-8-17(12)19-9-7-16(32-19)11-18-20(27)25-23(31)26(21(18)28)15-5-3-14(24)4-6-15/h2-11H,1H3,(H,29,30)(H,25,27,31)/p-1/b18-11-. The molecular weight excluding hydrogens is 480 g/mol. The number of benzene rings is 2. The Hall–Kier alpha value is -3.98. The Morgan fingerprint density at radius 1 is 1.06 bits per heavy atom. The van der Waals surface area contributed by atoms with E-state index in [2.05, 4.69) is 21.2 Å². The topological polar surface area (TPSA) is 120 Å². The van der Waals surface area contributed by atoms with Gasteiger partial charge in [-0.2, -0.15) is 0 Å². The largest absolute Gasteiger partial charge is 0.545 e. The van der Waals surface area contributed by atoms with Gasteiger partial charge in [0.2, 0.25) is 0 Å². The van der Waals surface area contributed by atoms with E-state index in [1.165, 1.54) is 18.2 Å². The van der Waals surface area contributed by atoms with Gasteiger partial charge in [0.25, 0.3) is 11.8 Å². The lowest BCUT2D eigenvalue weighted by molar-refractivity contribution is -0.255. The molecule has 2 aromatic carbocycles. The Labute approximate surface area is 190 Å². The van der Waals surface area contributed by atoms with E-state index in [0.29, 0.717) is 22.6 Å². The highest BCUT2D eigenvalue weighted by Gasteiger charge is 2.37. The summed E-state index contributed by atoms with van der Waals surface area (Å²) in [6, 6.07) is 13.3. The highest BCUT2D eigenvalue weighted by atomic mass is 79.9. The van der Waals surface area contributed by atoms with E-state index >= 15 is 0 Å². The number of aromatic carboxylic acids is 1. The first kappa shape index (κ1) is 21.3. The molecule has 0 radical (unpaired) electrons. The van der Waals surface area contributed by atoms with E-state index in [-0.39, 0.29) is 16.9 Å². The number of nitrogens with zero attached hydrogens (tertiary/aromatic N) is 1. The van der Waals surface area contributed by atoms with Gasteiger partial charge in [0, 0.05) is 10.0 Å². The van der Waals surface area contributed by atoms with E-state index < -0.39 is 23.8 Å². The number of aryl methyl sites for hydroxylation is 1. The van der Waals surface area contributed by atoms with Gasteiger partial charge >= 0.3 is 6.03 Å². The van der Waals surface area contributed by atoms with Crippen LogP contribution in [0.25, 0.3) is 17.4 Å². The van der Waals surface area contributed by atoms with Crippen LogP contribution in [0, 0.1) is 6.92 Å². The van der Waals surface area contributed by atoms with Crippen molar-refractivity contribution in [1.29, 1.82) is 0 Å². The molecule has 2 heterocycles. The van der Waals surface area contributed by atoms with Crippen molar-refractivity contribution in [1.82, 2.24) is 5.32 Å². The van der Waals surface area contributed by atoms with Gasteiger partial charge in [0.15, 0.2) is 0 Å². The minimum absolute atomic E-state index is 0.0438. The lowest BCUT2D eigenvalue weighted by Gasteiger charge is -2.26. The molecule has 1 aliphatic rings. The monoisotopic (exact) mass is 493 g/mol. The zero-order valence-corrected chi connectivity index (χ0v) is 18.1. The molecule has 1 fully saturated rings. The van der Waals surface area contributed by atoms with E-state index in [4.69, 9.17) is 4.42 Å². The van der Waals surface area contributed by atoms with Crippen molar-refractivity contribution >= 4 is 51.5 Å². The molecule has 1 aliphatic heterocycles. The summed E-state index contributed by atoms with van der Waals surface area (Å²) in [5.74, 6) is -2.26. The Bertz CT molecular complexity index is 1310. The second-order valence-corrected chi connectivity index (χ2v) is 7.87. The molecular formula is C23H14BrN2O6-. The molecule has 1 N–H and O–H groups in total. The molecule has 32 heavy (non-hydrogen) atoms. The number of halogens is 1. The van der Waals surface area contributed by atoms with E-state index in [0.717, 1.165) is 9.37 Å². The Morgan fingerprint density at radius 2 is 1.78 bits per heavy atom. The summed E-state index contributed by atoms with van der Waals surface area (Å²) >= 11 is 3.29. The third kappa shape index (κ3) is 3.97. The summed E-state index contributed by atoms with van der Waals surface area (Å²) in [4.78, 5) is 49.4. The molecule has 0 spiro atoms. The number of carboxylic acids is 1. The van der Waals surface area contributed by atoms with Crippen LogP contribution in [0.4, 0.5) is 10.5 Å². The van der Waals surface area contributed by atoms with Gasteiger partial charge < -0.3 is 14.3 Å². The minimum atomic E-state index is -1.28. The molecule has 9 heteroatoms. The van der Waals surface area contributed by atoms with Crippen LogP contribution in [-0.2, 0) is 9.59 Å². The Balaban J connectivity index is 1.66. The average molecular weight is 494 g/mol. The molecule has 0 aliphatic carbocycles. The van der Waals surface area contributed by atoms with Crippen molar-refractivity contribution in [2.24, 2.45) is 0 Å². The van der Waals surface area contributed by atoms with Crippen LogP contribution in [0.15, 0.2) is 69.1 Å². The first-order chi connectivity index (χ1) is 15.2. The van der Waals surface area contributed by atoms with Crippen molar-refractivity contribution in [3.63, 3.8) is 0 Å². The quantitative estimate of drug-likeness (QED) is 0.440. The number of amides is 4. The molecule has 1 aromatic heterocycles. The van der Waals surface area contributed by atoms with Crippen LogP contribution >= 0.6 is 15.9 Å². The molecule has 0 saturated carbocycles. The number of furan rings is 1. The molecule has 4 rings (SSSR count). The summed E-state index contributed by atoms with van der Waals surface area (Å²) < 4.78 is 6.52. The lowest BCUT2D eigenvalue weighted by Crippen LogP contribution is -2.54. The second-order valence-electron chi connectivity index (χ2n) is 6.95. The van der Waals surface area contributed by atoms with Crippen molar-refractivity contribution in [2.45, 2.75) is 6.92 Å². The maximum atomic E-state index is 12.9. The van der Waals surface area contributed by atoms with Crippen molar-refractivity contribution in [2.75, 3.05) is 4.90 Å². The number of hydrogen-bond donors (Lipinski definition) is 1. The number of carbonyl (C=O) groups is 4. The summed E-state index contributed by atoms with van der Waals surface area (Å²) in [7, 11) is 0. The fourth-order valence-corrected chi connectivity index (χ4v) is 3.53. The van der Waals surface area contributed by atoms with Gasteiger partial charge in [-0.3, -0.25) is 14.9 Å². The predicted molar refractivity (Wildman–Crippen MR) is 116 cm³/mol. The first-order valence-corrected chi connectivity index (χ1v) is 10.1. The normalized spacial score (nSPS) is 15.2. The number of hydrogen-bond acceptors (Lipinski definition) is 6. The van der Waals surface area contributed by atoms with Gasteiger partial charge in [-0.1, -0.05) is 28.1 Å². The van der Waals surface area contributed by atoms with Gasteiger partial charge in [-0.15, -0.1) is 0 Å². The molecule has 4 amide bonds. The number of carboxylic acid groups (broad SMARTS) is 1. The number of barbiturate groups is 1. The third-order valence-electron chi connectivity index (χ3n) is 4.83. The molecule has 3 aromatic rings. The van der Waals surface area contributed by atoms with Crippen molar-refractivity contribution < 1.29 is 28.7 Å². The highest BCUT2D eigenvalue weighted by molar-refractivity contribution is 9.10. The van der Waals surface area contributed by atoms with Crippen molar-refractivity contribution in [3.8, 4) is 11.3 Å². The van der Waals surface area contributed by atoms with Crippen LogP contribution in [-0.4, -0.2) is 23.8 Å². The Kier molecular flexibility index (Phi) is 5.50. The van der Waals surface area contributed by atoms with E-state index in [1.54, 1.807) is 49.4 Å². The van der Waals surface area contributed by atoms with Gasteiger partial charge in [-0.25, -0.2) is 9.69 Å². The first-order valence-electron chi connectivity index (χ1n) is 9.34. The fourth-order valence-electron chi connectivity index (χ4n) is 3.27. The molecule has 8 nitrogen and oxygen atoms in total. The van der Waals surface area contributed by atoms with Crippen molar-refractivity contribution in [3.05, 3.63) is 81.5 Å². The molecule has 160 valence electrons. The number of carbonyl (C=O) groups excluding carboxylic acids is 4. The number of anilines is 1. The van der Waals surface area contributed by atoms with Crippen LogP contribution in [0.2, 0.25) is 0 Å². The maximum Gasteiger partial charge on any atom is 0.335 e. The fraction of sp³-hybridized carbons (Fsp3) is 0.0435. The number of imide groups is 2. The lowest BCUT2D eigenvalue weighted by atomic mass is 10.0. The van der Waals surface area contributed by atoms with Gasteiger partial charge in [0.05, 0.1) is 11.7 Å². The molecule has 1 saturated heterocycles. The predicted octanol–water partition coefficient (Wildman–Crippen LogP) is 3.05. The van der Waals surface area contributed by atoms with Gasteiger partial charge in [0.1, 0.15) is 17.1 Å². The summed E-state index contributed by atoms with van der Waals surface area (Å²) in [5, 5.41) is 13.2. The zero-order chi connectivity index (χ0) is 23.0. The smallest absolute Gasteiger partial charge is 0.335 e. The number of urea groups is 1. The van der Waals surface area contributed by atoms with Crippen LogP contribution in [0.3, 0.4) is 0 Å². The summed E-state index contributed by atoms with van der Waals surface area (Å²) in [6.07, 6.45) is 1.25. The number of rotatable bonds is 4. The molecule has 0 atom stereocenters. The SMILES string of the molecule is Cc1cc(C(=O)[O-])ccc1-c1ccc(/C=C2/C(=O)NC(=O)N(c3ccc(Br)cc3)C2=O)o1. The molecule has 0 unspecified atom stereocenters. The van der Waals surface area contributed by atoms with Crippen LogP contribution in [0.5, 0.6) is 0 Å². The van der Waals surface area contributed by atoms with Crippen LogP contribution in [0.1, 0.15) is 21.7 Å². The third-order valence-corrected chi connectivity index (χ3v) is 5.36. The summed E-state index contributed by atoms with van der Waals surface area (Å²) in [6.45, 7) is 1.72. The van der Waals surface area contributed by atoms with E-state index in [1.807, 2.05) is 0 Å². The maximum absolute atomic E-state index is 12.9. The van der Waals surface area contributed by atoms with Crippen LogP contribution < -0.4 is 15.3 Å². The zero-order valence-electron chi connectivity index (χ0n) is 16.5. The number of nitrogens with one attached hydrogen (secondary N) is 1. The van der Waals surface area contributed by atoms with E-state index in [9.17, 15) is 24.3 Å². The average Bonchev–Trinajstić information content (AvgIpc) is 3.20. The summed E-state index contributed by atoms with van der Waals surface area (Å²) in [5.41, 5.74) is 1.38. The highest BCUT2D eigenvalue weighted by Crippen LogP contribution is 2.28.